The highest BCUT2D eigenvalue weighted by molar-refractivity contribution is 7.85. The Morgan fingerprint density at radius 2 is 2.29 bits per heavy atom. The average Bonchev–Trinajstić information content (AvgIpc) is 2.29. The molecule has 76 valence electrons. The van der Waals surface area contributed by atoms with E-state index in [-0.39, 0.29) is 6.04 Å². The lowest BCUT2D eigenvalue weighted by Crippen LogP contribution is -2.10. The minimum absolute atomic E-state index is 0.0661. The highest BCUT2D eigenvalue weighted by atomic mass is 32.2. The number of hydrogen-bond donors (Lipinski definition) is 1. The van der Waals surface area contributed by atoms with Crippen molar-refractivity contribution in [1.29, 1.82) is 0 Å². The molecule has 1 heterocycles. The van der Waals surface area contributed by atoms with Gasteiger partial charge in [-0.05, 0) is 30.9 Å². The number of hydrogen-bond acceptors (Lipinski definition) is 2. The Labute approximate surface area is 87.0 Å². The SMILES string of the molecule is Cc1cccc2c1S(=O)CCCC2N. The Bertz CT molecular complexity index is 376. The van der Waals surface area contributed by atoms with E-state index >= 15 is 0 Å². The Balaban J connectivity index is 2.59. The van der Waals surface area contributed by atoms with Gasteiger partial charge in [0.15, 0.2) is 0 Å². The van der Waals surface area contributed by atoms with Gasteiger partial charge in [-0.15, -0.1) is 0 Å². The minimum atomic E-state index is -0.845. The molecule has 14 heavy (non-hydrogen) atoms. The number of benzene rings is 1. The molecule has 0 saturated heterocycles. The minimum Gasteiger partial charge on any atom is -0.324 e. The molecule has 2 nitrogen and oxygen atoms in total. The first-order valence-electron chi connectivity index (χ1n) is 4.93. The third-order valence-corrected chi connectivity index (χ3v) is 4.39. The van der Waals surface area contributed by atoms with E-state index in [0.717, 1.165) is 34.6 Å². The molecule has 0 bridgehead atoms. The first-order valence-corrected chi connectivity index (χ1v) is 6.25. The van der Waals surface area contributed by atoms with Crippen molar-refractivity contribution in [3.63, 3.8) is 0 Å². The highest BCUT2D eigenvalue weighted by Gasteiger charge is 2.20. The second-order valence-electron chi connectivity index (χ2n) is 3.79. The summed E-state index contributed by atoms with van der Waals surface area (Å²) in [4.78, 5) is 0.984. The number of aryl methyl sites for hydroxylation is 1. The molecule has 0 radical (unpaired) electrons. The molecule has 2 rings (SSSR count). The zero-order valence-electron chi connectivity index (χ0n) is 8.32. The summed E-state index contributed by atoms with van der Waals surface area (Å²) < 4.78 is 11.9. The summed E-state index contributed by atoms with van der Waals surface area (Å²) in [5.74, 6) is 0.756. The molecule has 1 aliphatic rings. The van der Waals surface area contributed by atoms with Crippen LogP contribution in [0.4, 0.5) is 0 Å². The van der Waals surface area contributed by atoms with Gasteiger partial charge in [0.05, 0.1) is 10.8 Å². The Morgan fingerprint density at radius 3 is 3.07 bits per heavy atom. The molecule has 2 unspecified atom stereocenters. The maximum absolute atomic E-state index is 11.9. The van der Waals surface area contributed by atoms with Crippen molar-refractivity contribution in [3.05, 3.63) is 29.3 Å². The molecule has 2 N–H and O–H groups in total. The van der Waals surface area contributed by atoms with Gasteiger partial charge < -0.3 is 5.73 Å². The fourth-order valence-corrected chi connectivity index (χ4v) is 3.51. The third kappa shape index (κ3) is 1.62. The van der Waals surface area contributed by atoms with Crippen molar-refractivity contribution in [2.75, 3.05) is 5.75 Å². The summed E-state index contributed by atoms with van der Waals surface area (Å²) in [6.45, 7) is 2.01. The van der Waals surface area contributed by atoms with Gasteiger partial charge in [0.2, 0.25) is 0 Å². The molecule has 0 spiro atoms. The molecule has 2 atom stereocenters. The standard InChI is InChI=1S/C11H15NOS/c1-8-4-2-5-9-10(12)6-3-7-14(13)11(8)9/h2,4-5,10H,3,6-7,12H2,1H3. The Morgan fingerprint density at radius 1 is 1.50 bits per heavy atom. The van der Waals surface area contributed by atoms with Crippen LogP contribution in [0, 0.1) is 6.92 Å². The summed E-state index contributed by atoms with van der Waals surface area (Å²) in [6, 6.07) is 6.08. The van der Waals surface area contributed by atoms with Gasteiger partial charge in [-0.2, -0.15) is 0 Å². The van der Waals surface area contributed by atoms with Crippen LogP contribution in [0.25, 0.3) is 0 Å². The van der Waals surface area contributed by atoms with Gasteiger partial charge in [0.25, 0.3) is 0 Å². The van der Waals surface area contributed by atoms with E-state index < -0.39 is 10.8 Å². The number of rotatable bonds is 0. The Hall–Kier alpha value is -0.670. The van der Waals surface area contributed by atoms with Gasteiger partial charge in [0, 0.05) is 16.7 Å². The lowest BCUT2D eigenvalue weighted by Gasteiger charge is -2.13. The summed E-state index contributed by atoms with van der Waals surface area (Å²) in [7, 11) is -0.845. The molecule has 1 aromatic carbocycles. The smallest absolute Gasteiger partial charge is 0.0535 e. The van der Waals surface area contributed by atoms with Crippen LogP contribution in [0.5, 0.6) is 0 Å². The van der Waals surface area contributed by atoms with Crippen molar-refractivity contribution in [1.82, 2.24) is 0 Å². The molecule has 0 fully saturated rings. The summed E-state index contributed by atoms with van der Waals surface area (Å²) in [5.41, 5.74) is 8.24. The van der Waals surface area contributed by atoms with E-state index in [1.807, 2.05) is 25.1 Å². The van der Waals surface area contributed by atoms with Gasteiger partial charge in [-0.3, -0.25) is 4.21 Å². The monoisotopic (exact) mass is 209 g/mol. The van der Waals surface area contributed by atoms with Crippen LogP contribution in [0.2, 0.25) is 0 Å². The van der Waals surface area contributed by atoms with Crippen LogP contribution in [-0.4, -0.2) is 9.96 Å². The zero-order chi connectivity index (χ0) is 10.1. The summed E-state index contributed by atoms with van der Waals surface area (Å²) in [6.07, 6.45) is 1.91. The van der Waals surface area contributed by atoms with Crippen molar-refractivity contribution in [3.8, 4) is 0 Å². The molecular weight excluding hydrogens is 194 g/mol. The Kier molecular flexibility index (Phi) is 2.70. The van der Waals surface area contributed by atoms with E-state index in [1.165, 1.54) is 0 Å². The van der Waals surface area contributed by atoms with Gasteiger partial charge >= 0.3 is 0 Å². The van der Waals surface area contributed by atoms with Crippen molar-refractivity contribution >= 4 is 10.8 Å². The van der Waals surface area contributed by atoms with Crippen molar-refractivity contribution < 1.29 is 4.21 Å². The maximum Gasteiger partial charge on any atom is 0.0535 e. The van der Waals surface area contributed by atoms with E-state index in [4.69, 9.17) is 5.73 Å². The number of nitrogens with two attached hydrogens (primary N) is 1. The van der Waals surface area contributed by atoms with Crippen LogP contribution in [0.1, 0.15) is 30.0 Å². The molecule has 3 heteroatoms. The topological polar surface area (TPSA) is 43.1 Å². The molecule has 1 aromatic rings. The quantitative estimate of drug-likeness (QED) is 0.709. The van der Waals surface area contributed by atoms with E-state index in [2.05, 4.69) is 0 Å². The van der Waals surface area contributed by atoms with Crippen molar-refractivity contribution in [2.24, 2.45) is 5.73 Å². The van der Waals surface area contributed by atoms with Crippen LogP contribution < -0.4 is 5.73 Å². The average molecular weight is 209 g/mol. The molecule has 0 aromatic heterocycles. The second kappa shape index (κ2) is 3.83. The third-order valence-electron chi connectivity index (χ3n) is 2.71. The van der Waals surface area contributed by atoms with Crippen LogP contribution in [-0.2, 0) is 10.8 Å². The largest absolute Gasteiger partial charge is 0.324 e. The fourth-order valence-electron chi connectivity index (χ4n) is 1.97. The van der Waals surface area contributed by atoms with Gasteiger partial charge in [0.1, 0.15) is 0 Å². The second-order valence-corrected chi connectivity index (χ2v) is 5.30. The van der Waals surface area contributed by atoms with E-state index in [1.54, 1.807) is 0 Å². The lowest BCUT2D eigenvalue weighted by atomic mass is 10.0. The molecule has 0 aliphatic carbocycles. The summed E-state index contributed by atoms with van der Waals surface area (Å²) >= 11 is 0. The van der Waals surface area contributed by atoms with Crippen LogP contribution in [0.3, 0.4) is 0 Å². The fraction of sp³-hybridized carbons (Fsp3) is 0.455. The van der Waals surface area contributed by atoms with Crippen molar-refractivity contribution in [2.45, 2.75) is 30.7 Å². The predicted molar refractivity (Wildman–Crippen MR) is 58.6 cm³/mol. The highest BCUT2D eigenvalue weighted by Crippen LogP contribution is 2.29. The molecular formula is C11H15NOS. The van der Waals surface area contributed by atoms with E-state index in [9.17, 15) is 4.21 Å². The van der Waals surface area contributed by atoms with Gasteiger partial charge in [-0.1, -0.05) is 18.2 Å². The zero-order valence-corrected chi connectivity index (χ0v) is 9.14. The number of fused-ring (bicyclic) bond motifs is 1. The first kappa shape index (κ1) is 9.87. The predicted octanol–water partition coefficient (Wildman–Crippen LogP) is 1.90. The van der Waals surface area contributed by atoms with Crippen LogP contribution in [0.15, 0.2) is 23.1 Å². The molecule has 0 amide bonds. The summed E-state index contributed by atoms with van der Waals surface area (Å²) in [5, 5.41) is 0. The van der Waals surface area contributed by atoms with Gasteiger partial charge in [-0.25, -0.2) is 0 Å². The van der Waals surface area contributed by atoms with E-state index in [0.29, 0.717) is 0 Å². The van der Waals surface area contributed by atoms with Crippen LogP contribution >= 0.6 is 0 Å². The molecule has 0 saturated carbocycles. The maximum atomic E-state index is 11.9. The first-order chi connectivity index (χ1) is 6.70. The molecule has 1 aliphatic heterocycles. The lowest BCUT2D eigenvalue weighted by molar-refractivity contribution is 0.638. The normalized spacial score (nSPS) is 26.7.